The lowest BCUT2D eigenvalue weighted by atomic mass is 10.4. The first kappa shape index (κ1) is 14.2. The van der Waals surface area contributed by atoms with Crippen LogP contribution in [0.3, 0.4) is 0 Å². The molecular formula is C10H22N2O3. The first-order valence-electron chi connectivity index (χ1n) is 5.26. The van der Waals surface area contributed by atoms with Crippen LogP contribution >= 0.6 is 0 Å². The Labute approximate surface area is 91.7 Å². The molecule has 0 aromatic rings. The Morgan fingerprint density at radius 2 is 2.07 bits per heavy atom. The summed E-state index contributed by atoms with van der Waals surface area (Å²) in [5, 5.41) is 8.59. The summed E-state index contributed by atoms with van der Waals surface area (Å²) in [5.74, 6) is 0. The number of nitrogens with zero attached hydrogens (tertiary/aromatic N) is 2. The van der Waals surface area contributed by atoms with Gasteiger partial charge in [-0.1, -0.05) is 0 Å². The predicted molar refractivity (Wildman–Crippen MR) is 60.1 cm³/mol. The van der Waals surface area contributed by atoms with Crippen molar-refractivity contribution >= 4 is 6.08 Å². The zero-order valence-corrected chi connectivity index (χ0v) is 9.90. The van der Waals surface area contributed by atoms with Crippen molar-refractivity contribution in [3.8, 4) is 0 Å². The molecule has 90 valence electrons. The highest BCUT2D eigenvalue weighted by atomic mass is 16.7. The second-order valence-electron chi connectivity index (χ2n) is 3.31. The minimum atomic E-state index is -0.0240. The topological polar surface area (TPSA) is 54.3 Å². The van der Waals surface area contributed by atoms with Gasteiger partial charge in [0.25, 0.3) is 0 Å². The van der Waals surface area contributed by atoms with Crippen LogP contribution < -0.4 is 0 Å². The highest BCUT2D eigenvalue weighted by Gasteiger charge is 1.99. The van der Waals surface area contributed by atoms with Crippen LogP contribution in [0.5, 0.6) is 0 Å². The van der Waals surface area contributed by atoms with Crippen LogP contribution in [0.4, 0.5) is 0 Å². The van der Waals surface area contributed by atoms with E-state index in [1.54, 1.807) is 0 Å². The average molecular weight is 218 g/mol. The maximum Gasteiger partial charge on any atom is 0.383 e. The van der Waals surface area contributed by atoms with Crippen LogP contribution in [-0.2, 0) is 9.47 Å². The van der Waals surface area contributed by atoms with Gasteiger partial charge in [-0.05, 0) is 34.0 Å². The maximum atomic E-state index is 8.59. The van der Waals surface area contributed by atoms with E-state index in [9.17, 15) is 0 Å². The van der Waals surface area contributed by atoms with Gasteiger partial charge in [-0.15, -0.1) is 0 Å². The molecule has 0 aliphatic rings. The molecule has 0 unspecified atom stereocenters. The Bertz CT molecular complexity index is 172. The van der Waals surface area contributed by atoms with Gasteiger partial charge in [0, 0.05) is 6.54 Å². The highest BCUT2D eigenvalue weighted by molar-refractivity contribution is 5.66. The van der Waals surface area contributed by atoms with E-state index >= 15 is 0 Å². The third-order valence-electron chi connectivity index (χ3n) is 1.59. The number of hydrogen-bond acceptors (Lipinski definition) is 5. The van der Waals surface area contributed by atoms with Gasteiger partial charge in [0.05, 0.1) is 13.2 Å². The molecule has 0 saturated carbocycles. The molecule has 0 spiro atoms. The number of aliphatic imine (C=N–C) groups is 1. The van der Waals surface area contributed by atoms with Gasteiger partial charge in [0.1, 0.15) is 6.61 Å². The molecule has 0 heterocycles. The molecule has 5 nitrogen and oxygen atoms in total. The van der Waals surface area contributed by atoms with Crippen molar-refractivity contribution in [3.05, 3.63) is 0 Å². The fourth-order valence-electron chi connectivity index (χ4n) is 0.947. The minimum absolute atomic E-state index is 0.0240. The van der Waals surface area contributed by atoms with Gasteiger partial charge in [0.2, 0.25) is 0 Å². The lowest BCUT2D eigenvalue weighted by Crippen LogP contribution is -2.16. The van der Waals surface area contributed by atoms with E-state index < -0.39 is 0 Å². The largest absolute Gasteiger partial charge is 0.451 e. The number of ether oxygens (including phenoxy) is 2. The monoisotopic (exact) mass is 218 g/mol. The number of aliphatic hydroxyl groups excluding tert-OH is 1. The minimum Gasteiger partial charge on any atom is -0.451 e. The van der Waals surface area contributed by atoms with Crippen LogP contribution in [0.15, 0.2) is 4.99 Å². The van der Waals surface area contributed by atoms with Gasteiger partial charge < -0.3 is 19.5 Å². The molecule has 1 N–H and O–H groups in total. The highest BCUT2D eigenvalue weighted by Crippen LogP contribution is 1.90. The molecule has 0 rings (SSSR count). The maximum absolute atomic E-state index is 8.59. The molecule has 0 aromatic heterocycles. The molecule has 0 aromatic carbocycles. The van der Waals surface area contributed by atoms with Crippen LogP contribution in [0.25, 0.3) is 0 Å². The fourth-order valence-corrected chi connectivity index (χ4v) is 0.947. The summed E-state index contributed by atoms with van der Waals surface area (Å²) in [6.07, 6.45) is 1.25. The zero-order valence-electron chi connectivity index (χ0n) is 9.90. The Morgan fingerprint density at radius 1 is 1.33 bits per heavy atom. The van der Waals surface area contributed by atoms with Gasteiger partial charge in [-0.3, -0.25) is 0 Å². The van der Waals surface area contributed by atoms with E-state index in [1.165, 1.54) is 0 Å². The zero-order chi connectivity index (χ0) is 11.5. The van der Waals surface area contributed by atoms with Gasteiger partial charge >= 0.3 is 6.08 Å². The molecule has 0 aliphatic carbocycles. The van der Waals surface area contributed by atoms with Crippen LogP contribution in [0.1, 0.15) is 13.3 Å². The molecular weight excluding hydrogens is 196 g/mol. The summed E-state index contributed by atoms with van der Waals surface area (Å²) < 4.78 is 10.3. The quantitative estimate of drug-likeness (QED) is 0.380. The van der Waals surface area contributed by atoms with E-state index in [0.717, 1.165) is 13.0 Å². The molecule has 0 saturated heterocycles. The third kappa shape index (κ3) is 9.49. The second kappa shape index (κ2) is 9.73. The number of rotatable bonds is 7. The Morgan fingerprint density at radius 3 is 2.60 bits per heavy atom. The molecule has 0 aliphatic heterocycles. The van der Waals surface area contributed by atoms with Crippen molar-refractivity contribution < 1.29 is 14.6 Å². The summed E-state index contributed by atoms with van der Waals surface area (Å²) in [4.78, 5) is 6.26. The lowest BCUT2D eigenvalue weighted by molar-refractivity contribution is 0.133. The summed E-state index contributed by atoms with van der Waals surface area (Å²) >= 11 is 0. The average Bonchev–Trinajstić information content (AvgIpc) is 2.20. The molecule has 0 radical (unpaired) electrons. The smallest absolute Gasteiger partial charge is 0.383 e. The normalized spacial score (nSPS) is 11.9. The van der Waals surface area contributed by atoms with E-state index in [4.69, 9.17) is 14.6 Å². The summed E-state index contributed by atoms with van der Waals surface area (Å²) in [6, 6.07) is 0. The molecule has 0 amide bonds. The van der Waals surface area contributed by atoms with Crippen molar-refractivity contribution in [1.82, 2.24) is 4.90 Å². The van der Waals surface area contributed by atoms with E-state index in [2.05, 4.69) is 9.89 Å². The molecule has 0 bridgehead atoms. The van der Waals surface area contributed by atoms with E-state index in [0.29, 0.717) is 13.2 Å². The van der Waals surface area contributed by atoms with E-state index in [-0.39, 0.29) is 19.3 Å². The van der Waals surface area contributed by atoms with Crippen LogP contribution in [-0.4, -0.2) is 63.1 Å². The van der Waals surface area contributed by atoms with Crippen LogP contribution in [0.2, 0.25) is 0 Å². The van der Waals surface area contributed by atoms with Crippen molar-refractivity contribution in [2.45, 2.75) is 13.3 Å². The number of aliphatic hydroxyl groups is 1. The SMILES string of the molecule is CCOC(=NCCCN(C)C)OCCO. The van der Waals surface area contributed by atoms with Crippen molar-refractivity contribution in [2.24, 2.45) is 4.99 Å². The molecule has 0 fully saturated rings. The van der Waals surface area contributed by atoms with Gasteiger partial charge in [0.15, 0.2) is 0 Å². The first-order valence-corrected chi connectivity index (χ1v) is 5.26. The standard InChI is InChI=1S/C10H22N2O3/c1-4-14-10(15-9-8-13)11-6-5-7-12(2)3/h13H,4-9H2,1-3H3. The molecule has 0 atom stereocenters. The summed E-state index contributed by atoms with van der Waals surface area (Å²) in [6.45, 7) is 4.27. The van der Waals surface area contributed by atoms with E-state index in [1.807, 2.05) is 21.0 Å². The summed E-state index contributed by atoms with van der Waals surface area (Å²) in [7, 11) is 4.05. The summed E-state index contributed by atoms with van der Waals surface area (Å²) in [5.41, 5.74) is 0. The first-order chi connectivity index (χ1) is 7.20. The van der Waals surface area contributed by atoms with Crippen molar-refractivity contribution in [1.29, 1.82) is 0 Å². The predicted octanol–water partition coefficient (Wildman–Crippen LogP) is 0.339. The Balaban J connectivity index is 3.72. The molecule has 15 heavy (non-hydrogen) atoms. The number of hydrogen-bond donors (Lipinski definition) is 1. The van der Waals surface area contributed by atoms with Crippen molar-refractivity contribution in [2.75, 3.05) is 47.0 Å². The van der Waals surface area contributed by atoms with Crippen LogP contribution in [0, 0.1) is 0 Å². The second-order valence-corrected chi connectivity index (χ2v) is 3.31. The third-order valence-corrected chi connectivity index (χ3v) is 1.59. The van der Waals surface area contributed by atoms with Gasteiger partial charge in [-0.25, -0.2) is 4.99 Å². The fraction of sp³-hybridized carbons (Fsp3) is 0.900. The van der Waals surface area contributed by atoms with Crippen molar-refractivity contribution in [3.63, 3.8) is 0 Å². The lowest BCUT2D eigenvalue weighted by Gasteiger charge is -2.09. The Hall–Kier alpha value is -0.810. The Kier molecular flexibility index (Phi) is 9.21. The van der Waals surface area contributed by atoms with Gasteiger partial charge in [-0.2, -0.15) is 0 Å². The molecule has 5 heteroatoms.